The predicted octanol–water partition coefficient (Wildman–Crippen LogP) is 5.14. The molecule has 0 bridgehead atoms. The first-order valence-corrected chi connectivity index (χ1v) is 10.7. The third-order valence-corrected chi connectivity index (χ3v) is 5.59. The average molecular weight is 490 g/mol. The van der Waals surface area contributed by atoms with E-state index in [9.17, 15) is 9.59 Å². The van der Waals surface area contributed by atoms with Gasteiger partial charge in [-0.15, -0.1) is 0 Å². The third kappa shape index (κ3) is 5.25. The molecule has 1 heterocycles. The molecule has 1 aliphatic heterocycles. The Morgan fingerprint density at radius 2 is 1.93 bits per heavy atom. The zero-order valence-corrected chi connectivity index (χ0v) is 18.7. The number of methoxy groups -OCH3 is 1. The Labute approximate surface area is 187 Å². The predicted molar refractivity (Wildman–Crippen MR) is 121 cm³/mol. The van der Waals surface area contributed by atoms with Gasteiger partial charge in [0, 0.05) is 0 Å². The summed E-state index contributed by atoms with van der Waals surface area (Å²) in [6, 6.07) is 12.8. The zero-order valence-electron chi connectivity index (χ0n) is 16.3. The first-order valence-electron chi connectivity index (χ1n) is 9.08. The van der Waals surface area contributed by atoms with E-state index in [-0.39, 0.29) is 24.3 Å². The maximum atomic E-state index is 12.7. The Balaban J connectivity index is 1.71. The molecule has 0 unspecified atom stereocenters. The summed E-state index contributed by atoms with van der Waals surface area (Å²) in [4.78, 5) is 26.5. The number of carbonyl (C=O) groups is 2. The average Bonchev–Trinajstić information content (AvgIpc) is 3.00. The summed E-state index contributed by atoms with van der Waals surface area (Å²) in [6.45, 7) is 4.37. The molecule has 1 saturated heterocycles. The van der Waals surface area contributed by atoms with Gasteiger partial charge in [-0.3, -0.25) is 14.5 Å². The first-order chi connectivity index (χ1) is 14.5. The van der Waals surface area contributed by atoms with Crippen LogP contribution in [0.3, 0.4) is 0 Å². The molecule has 0 saturated carbocycles. The minimum absolute atomic E-state index is 0.179. The van der Waals surface area contributed by atoms with Gasteiger partial charge in [0.05, 0.1) is 23.0 Å². The zero-order chi connectivity index (χ0) is 21.5. The van der Waals surface area contributed by atoms with Gasteiger partial charge in [0.15, 0.2) is 11.5 Å². The summed E-state index contributed by atoms with van der Waals surface area (Å²) in [6.07, 6.45) is 3.30. The SMILES string of the molecule is C=CCOc1c(Br)cc(C=C2SC(=O)N(CCOc3ccccc3)C2=O)cc1OC. The molecule has 1 aliphatic rings. The van der Waals surface area contributed by atoms with Crippen molar-refractivity contribution in [1.29, 1.82) is 0 Å². The molecular weight excluding hydrogens is 470 g/mol. The fraction of sp³-hybridized carbons (Fsp3) is 0.182. The van der Waals surface area contributed by atoms with E-state index in [4.69, 9.17) is 14.2 Å². The second kappa shape index (κ2) is 10.4. The second-order valence-electron chi connectivity index (χ2n) is 6.13. The minimum Gasteiger partial charge on any atom is -0.493 e. The van der Waals surface area contributed by atoms with Crippen LogP contribution in [0.4, 0.5) is 4.79 Å². The molecule has 6 nitrogen and oxygen atoms in total. The number of halogens is 1. The van der Waals surface area contributed by atoms with E-state index in [0.29, 0.717) is 38.8 Å². The van der Waals surface area contributed by atoms with E-state index in [1.54, 1.807) is 24.3 Å². The maximum Gasteiger partial charge on any atom is 0.293 e. The molecule has 0 aromatic heterocycles. The smallest absolute Gasteiger partial charge is 0.293 e. The van der Waals surface area contributed by atoms with Crippen LogP contribution < -0.4 is 14.2 Å². The molecule has 0 radical (unpaired) electrons. The van der Waals surface area contributed by atoms with E-state index in [2.05, 4.69) is 22.5 Å². The Bertz CT molecular complexity index is 977. The highest BCUT2D eigenvalue weighted by Crippen LogP contribution is 2.39. The number of benzene rings is 2. The molecule has 156 valence electrons. The van der Waals surface area contributed by atoms with Gasteiger partial charge in [0.25, 0.3) is 11.1 Å². The van der Waals surface area contributed by atoms with Crippen LogP contribution in [0.5, 0.6) is 17.2 Å². The van der Waals surface area contributed by atoms with Crippen LogP contribution in [-0.4, -0.2) is 42.9 Å². The molecule has 2 amide bonds. The van der Waals surface area contributed by atoms with Crippen LogP contribution in [0.25, 0.3) is 6.08 Å². The largest absolute Gasteiger partial charge is 0.493 e. The van der Waals surface area contributed by atoms with Gasteiger partial charge >= 0.3 is 0 Å². The van der Waals surface area contributed by atoms with Crippen LogP contribution >= 0.6 is 27.7 Å². The van der Waals surface area contributed by atoms with Crippen molar-refractivity contribution in [2.75, 3.05) is 26.9 Å². The third-order valence-electron chi connectivity index (χ3n) is 4.10. The minimum atomic E-state index is -0.344. The van der Waals surface area contributed by atoms with Gasteiger partial charge in [0.1, 0.15) is 19.0 Å². The van der Waals surface area contributed by atoms with E-state index in [0.717, 1.165) is 11.8 Å². The highest BCUT2D eigenvalue weighted by atomic mass is 79.9. The highest BCUT2D eigenvalue weighted by molar-refractivity contribution is 9.10. The quantitative estimate of drug-likeness (QED) is 0.359. The number of para-hydroxylation sites is 1. The van der Waals surface area contributed by atoms with E-state index in [1.165, 1.54) is 12.0 Å². The molecule has 2 aromatic rings. The number of carbonyl (C=O) groups excluding carboxylic acids is 2. The van der Waals surface area contributed by atoms with Crippen molar-refractivity contribution in [3.05, 3.63) is 70.1 Å². The number of amides is 2. The Kier molecular flexibility index (Phi) is 7.59. The van der Waals surface area contributed by atoms with Crippen LogP contribution in [0.1, 0.15) is 5.56 Å². The van der Waals surface area contributed by atoms with Gasteiger partial charge in [-0.2, -0.15) is 0 Å². The van der Waals surface area contributed by atoms with Crippen molar-refractivity contribution < 1.29 is 23.8 Å². The first kappa shape index (κ1) is 22.0. The molecule has 0 spiro atoms. The van der Waals surface area contributed by atoms with Crippen LogP contribution in [0.2, 0.25) is 0 Å². The lowest BCUT2D eigenvalue weighted by atomic mass is 10.2. The number of rotatable bonds is 9. The van der Waals surface area contributed by atoms with Crippen molar-refractivity contribution in [2.24, 2.45) is 0 Å². The van der Waals surface area contributed by atoms with E-state index in [1.807, 2.05) is 30.3 Å². The number of ether oxygens (including phenoxy) is 3. The van der Waals surface area contributed by atoms with Crippen LogP contribution in [-0.2, 0) is 4.79 Å². The topological polar surface area (TPSA) is 65.1 Å². The lowest BCUT2D eigenvalue weighted by molar-refractivity contribution is -0.123. The summed E-state index contributed by atoms with van der Waals surface area (Å²) >= 11 is 4.36. The lowest BCUT2D eigenvalue weighted by Gasteiger charge is -2.13. The molecule has 8 heteroatoms. The molecule has 1 fully saturated rings. The Hall–Kier alpha value is -2.71. The van der Waals surface area contributed by atoms with E-state index >= 15 is 0 Å². The monoisotopic (exact) mass is 489 g/mol. The molecule has 30 heavy (non-hydrogen) atoms. The van der Waals surface area contributed by atoms with Gasteiger partial charge in [-0.05, 0) is 63.6 Å². The number of hydrogen-bond acceptors (Lipinski definition) is 6. The van der Waals surface area contributed by atoms with Crippen LogP contribution in [0, 0.1) is 0 Å². The van der Waals surface area contributed by atoms with Crippen LogP contribution in [0.15, 0.2) is 64.5 Å². The molecule has 0 N–H and O–H groups in total. The summed E-state index contributed by atoms with van der Waals surface area (Å²) in [7, 11) is 1.53. The fourth-order valence-corrected chi connectivity index (χ4v) is 4.16. The molecule has 0 atom stereocenters. The summed E-state index contributed by atoms with van der Waals surface area (Å²) in [5, 5.41) is -0.320. The summed E-state index contributed by atoms with van der Waals surface area (Å²) in [5.74, 6) is 1.40. The fourth-order valence-electron chi connectivity index (χ4n) is 2.72. The van der Waals surface area contributed by atoms with Crippen molar-refractivity contribution in [3.63, 3.8) is 0 Å². The van der Waals surface area contributed by atoms with Gasteiger partial charge < -0.3 is 14.2 Å². The molecular formula is C22H20BrNO5S. The number of imide groups is 1. The highest BCUT2D eigenvalue weighted by Gasteiger charge is 2.34. The molecule has 2 aromatic carbocycles. The summed E-state index contributed by atoms with van der Waals surface area (Å²) < 4.78 is 17.3. The molecule has 3 rings (SSSR count). The number of nitrogens with zero attached hydrogens (tertiary/aromatic N) is 1. The normalized spacial score (nSPS) is 14.9. The Morgan fingerprint density at radius 1 is 1.17 bits per heavy atom. The number of hydrogen-bond donors (Lipinski definition) is 0. The standard InChI is InChI=1S/C22H20BrNO5S/c1-3-10-29-20-17(23)12-15(13-18(20)27-2)14-19-21(25)24(22(26)30-19)9-11-28-16-7-5-4-6-8-16/h3-8,12-14H,1,9-11H2,2H3. The maximum absolute atomic E-state index is 12.7. The molecule has 0 aliphatic carbocycles. The van der Waals surface area contributed by atoms with Crippen molar-refractivity contribution in [1.82, 2.24) is 4.90 Å². The van der Waals surface area contributed by atoms with E-state index < -0.39 is 0 Å². The van der Waals surface area contributed by atoms with Crippen molar-refractivity contribution in [2.45, 2.75) is 0 Å². The van der Waals surface area contributed by atoms with Crippen molar-refractivity contribution >= 4 is 44.9 Å². The number of thioether (sulfide) groups is 1. The summed E-state index contributed by atoms with van der Waals surface area (Å²) in [5.41, 5.74) is 0.704. The Morgan fingerprint density at radius 3 is 2.63 bits per heavy atom. The van der Waals surface area contributed by atoms with Gasteiger partial charge in [-0.25, -0.2) is 0 Å². The van der Waals surface area contributed by atoms with Crippen molar-refractivity contribution in [3.8, 4) is 17.2 Å². The second-order valence-corrected chi connectivity index (χ2v) is 7.98. The lowest BCUT2D eigenvalue weighted by Crippen LogP contribution is -2.32. The van der Waals surface area contributed by atoms with Gasteiger partial charge in [-0.1, -0.05) is 30.9 Å². The van der Waals surface area contributed by atoms with Gasteiger partial charge in [0.2, 0.25) is 0 Å².